The molecule has 0 radical (unpaired) electrons. The average molecular weight is 503 g/mol. The topological polar surface area (TPSA) is 72.4 Å². The van der Waals surface area contributed by atoms with Crippen molar-refractivity contribution in [2.24, 2.45) is 4.99 Å². The highest BCUT2D eigenvalue weighted by Gasteiger charge is 2.19. The molecule has 0 spiro atoms. The number of piperazine rings is 1. The molecular formula is C21H26IN7. The van der Waals surface area contributed by atoms with Crippen LogP contribution in [0.4, 0.5) is 5.69 Å². The second kappa shape index (κ2) is 10.2. The van der Waals surface area contributed by atoms with E-state index in [0.29, 0.717) is 6.54 Å². The first-order valence-corrected chi connectivity index (χ1v) is 9.54. The number of aromatic nitrogens is 3. The number of H-pyrrole nitrogens is 1. The van der Waals surface area contributed by atoms with Crippen LogP contribution in [-0.4, -0.2) is 59.3 Å². The molecule has 0 aliphatic carbocycles. The molecule has 0 bridgehead atoms. The average Bonchev–Trinajstić information content (AvgIpc) is 3.31. The molecule has 4 rings (SSSR count). The fraction of sp³-hybridized carbons (Fsp3) is 0.286. The van der Waals surface area contributed by atoms with Gasteiger partial charge in [-0.05, 0) is 23.8 Å². The monoisotopic (exact) mass is 503 g/mol. The minimum absolute atomic E-state index is 0. The summed E-state index contributed by atoms with van der Waals surface area (Å²) in [4.78, 5) is 13.4. The van der Waals surface area contributed by atoms with Gasteiger partial charge in [-0.15, -0.1) is 24.0 Å². The van der Waals surface area contributed by atoms with Gasteiger partial charge in [0.25, 0.3) is 0 Å². The van der Waals surface area contributed by atoms with Crippen LogP contribution in [0.3, 0.4) is 0 Å². The summed E-state index contributed by atoms with van der Waals surface area (Å²) >= 11 is 0. The summed E-state index contributed by atoms with van der Waals surface area (Å²) in [7, 11) is 1.84. The Labute approximate surface area is 188 Å². The second-order valence-electron chi connectivity index (χ2n) is 6.74. The van der Waals surface area contributed by atoms with Gasteiger partial charge in [-0.25, -0.2) is 4.98 Å². The number of aromatic amines is 1. The number of guanidine groups is 1. The van der Waals surface area contributed by atoms with Gasteiger partial charge >= 0.3 is 0 Å². The summed E-state index contributed by atoms with van der Waals surface area (Å²) in [5.41, 5.74) is 3.50. The van der Waals surface area contributed by atoms with Crippen LogP contribution in [0.2, 0.25) is 0 Å². The van der Waals surface area contributed by atoms with Gasteiger partial charge in [-0.2, -0.15) is 5.10 Å². The number of hydrogen-bond acceptors (Lipinski definition) is 4. The predicted octanol–water partition coefficient (Wildman–Crippen LogP) is 2.99. The van der Waals surface area contributed by atoms with Crippen LogP contribution in [0.1, 0.15) is 5.56 Å². The van der Waals surface area contributed by atoms with Crippen molar-refractivity contribution in [2.45, 2.75) is 6.54 Å². The van der Waals surface area contributed by atoms with E-state index in [1.165, 1.54) is 17.6 Å². The lowest BCUT2D eigenvalue weighted by Crippen LogP contribution is -2.52. The minimum atomic E-state index is 0. The number of para-hydroxylation sites is 1. The molecule has 0 unspecified atom stereocenters. The molecule has 2 heterocycles. The Morgan fingerprint density at radius 1 is 1.07 bits per heavy atom. The lowest BCUT2D eigenvalue weighted by Gasteiger charge is -2.37. The van der Waals surface area contributed by atoms with Crippen molar-refractivity contribution in [3.63, 3.8) is 0 Å². The van der Waals surface area contributed by atoms with Crippen LogP contribution in [-0.2, 0) is 6.54 Å². The first-order chi connectivity index (χ1) is 13.8. The van der Waals surface area contributed by atoms with Crippen molar-refractivity contribution in [3.8, 4) is 11.4 Å². The maximum Gasteiger partial charge on any atom is 0.194 e. The Balaban J connectivity index is 0.00000240. The molecule has 1 fully saturated rings. The molecule has 1 saturated heterocycles. The van der Waals surface area contributed by atoms with E-state index < -0.39 is 0 Å². The molecule has 8 heteroatoms. The van der Waals surface area contributed by atoms with Crippen molar-refractivity contribution >= 4 is 35.6 Å². The standard InChI is InChI=1S/C21H25N7.HI/c1-22-21(28-12-10-27(11-13-28)19-8-3-2-4-9-19)23-15-17-6-5-7-18(14-17)20-24-16-25-26-20;/h2-9,14,16H,10-13,15H2,1H3,(H,22,23)(H,24,25,26);1H. The van der Waals surface area contributed by atoms with Gasteiger partial charge in [0.1, 0.15) is 6.33 Å². The van der Waals surface area contributed by atoms with Gasteiger partial charge in [0.15, 0.2) is 11.8 Å². The number of rotatable bonds is 4. The largest absolute Gasteiger partial charge is 0.368 e. The Morgan fingerprint density at radius 2 is 1.86 bits per heavy atom. The van der Waals surface area contributed by atoms with Crippen molar-refractivity contribution in [1.29, 1.82) is 0 Å². The first kappa shape index (κ1) is 21.1. The summed E-state index contributed by atoms with van der Waals surface area (Å²) < 4.78 is 0. The molecule has 3 aromatic rings. The van der Waals surface area contributed by atoms with E-state index in [2.05, 4.69) is 77.8 Å². The molecular weight excluding hydrogens is 477 g/mol. The zero-order chi connectivity index (χ0) is 19.2. The lowest BCUT2D eigenvalue weighted by molar-refractivity contribution is 0.372. The smallest absolute Gasteiger partial charge is 0.194 e. The molecule has 0 atom stereocenters. The molecule has 2 N–H and O–H groups in total. The zero-order valence-corrected chi connectivity index (χ0v) is 18.8. The number of benzene rings is 2. The van der Waals surface area contributed by atoms with E-state index in [1.54, 1.807) is 0 Å². The van der Waals surface area contributed by atoms with Crippen LogP contribution in [0.15, 0.2) is 65.9 Å². The minimum Gasteiger partial charge on any atom is -0.368 e. The lowest BCUT2D eigenvalue weighted by atomic mass is 10.1. The van der Waals surface area contributed by atoms with E-state index in [4.69, 9.17) is 0 Å². The van der Waals surface area contributed by atoms with Gasteiger partial charge in [-0.1, -0.05) is 36.4 Å². The van der Waals surface area contributed by atoms with E-state index in [1.807, 2.05) is 19.2 Å². The van der Waals surface area contributed by atoms with Crippen LogP contribution in [0.25, 0.3) is 11.4 Å². The van der Waals surface area contributed by atoms with E-state index in [9.17, 15) is 0 Å². The summed E-state index contributed by atoms with van der Waals surface area (Å²) in [5.74, 6) is 1.72. The maximum absolute atomic E-state index is 4.48. The van der Waals surface area contributed by atoms with Gasteiger partial charge in [0, 0.05) is 51.0 Å². The third-order valence-corrected chi connectivity index (χ3v) is 4.98. The fourth-order valence-corrected chi connectivity index (χ4v) is 3.50. The van der Waals surface area contributed by atoms with Crippen LogP contribution in [0.5, 0.6) is 0 Å². The highest BCUT2D eigenvalue weighted by Crippen LogP contribution is 2.17. The third kappa shape index (κ3) is 5.26. The summed E-state index contributed by atoms with van der Waals surface area (Å²) in [6.45, 7) is 4.60. The van der Waals surface area contributed by atoms with Gasteiger partial charge in [-0.3, -0.25) is 10.1 Å². The van der Waals surface area contributed by atoms with Crippen molar-refractivity contribution < 1.29 is 0 Å². The van der Waals surface area contributed by atoms with Crippen molar-refractivity contribution in [2.75, 3.05) is 38.1 Å². The number of aliphatic imine (C=N–C) groups is 1. The summed E-state index contributed by atoms with van der Waals surface area (Å²) in [6.07, 6.45) is 1.52. The van der Waals surface area contributed by atoms with Crippen molar-refractivity contribution in [3.05, 3.63) is 66.5 Å². The molecule has 152 valence electrons. The molecule has 1 aromatic heterocycles. The summed E-state index contributed by atoms with van der Waals surface area (Å²) in [5, 5.41) is 10.3. The van der Waals surface area contributed by atoms with Gasteiger partial charge < -0.3 is 15.1 Å². The normalized spacial score (nSPS) is 14.4. The zero-order valence-electron chi connectivity index (χ0n) is 16.5. The predicted molar refractivity (Wildman–Crippen MR) is 128 cm³/mol. The fourth-order valence-electron chi connectivity index (χ4n) is 3.50. The number of halogens is 1. The van der Waals surface area contributed by atoms with E-state index in [0.717, 1.165) is 43.5 Å². The maximum atomic E-state index is 4.48. The SMILES string of the molecule is CN=C(NCc1cccc(-c2ncn[nH]2)c1)N1CCN(c2ccccc2)CC1.I. The van der Waals surface area contributed by atoms with E-state index >= 15 is 0 Å². The van der Waals surface area contributed by atoms with E-state index in [-0.39, 0.29) is 24.0 Å². The Morgan fingerprint density at radius 3 is 2.55 bits per heavy atom. The molecule has 1 aliphatic heterocycles. The Bertz CT molecular complexity index is 904. The quantitative estimate of drug-likeness (QED) is 0.326. The summed E-state index contributed by atoms with van der Waals surface area (Å²) in [6, 6.07) is 18.9. The van der Waals surface area contributed by atoms with Crippen LogP contribution < -0.4 is 10.2 Å². The number of hydrogen-bond donors (Lipinski definition) is 2. The van der Waals surface area contributed by atoms with Crippen LogP contribution in [0, 0.1) is 0 Å². The highest BCUT2D eigenvalue weighted by atomic mass is 127. The number of nitrogens with zero attached hydrogens (tertiary/aromatic N) is 5. The van der Waals surface area contributed by atoms with Gasteiger partial charge in [0.05, 0.1) is 0 Å². The molecule has 1 aliphatic rings. The number of nitrogens with one attached hydrogen (secondary N) is 2. The molecule has 29 heavy (non-hydrogen) atoms. The molecule has 2 aromatic carbocycles. The highest BCUT2D eigenvalue weighted by molar-refractivity contribution is 14.0. The molecule has 0 amide bonds. The molecule has 0 saturated carbocycles. The Hall–Kier alpha value is -2.62. The van der Waals surface area contributed by atoms with Gasteiger partial charge in [0.2, 0.25) is 0 Å². The molecule has 7 nitrogen and oxygen atoms in total. The third-order valence-electron chi connectivity index (χ3n) is 4.98. The van der Waals surface area contributed by atoms with Crippen molar-refractivity contribution in [1.82, 2.24) is 25.4 Å². The van der Waals surface area contributed by atoms with Crippen LogP contribution >= 0.6 is 24.0 Å². The Kier molecular flexibility index (Phi) is 7.45. The first-order valence-electron chi connectivity index (χ1n) is 9.54. The second-order valence-corrected chi connectivity index (χ2v) is 6.74. The number of anilines is 1.